The van der Waals surface area contributed by atoms with Crippen molar-refractivity contribution in [3.05, 3.63) is 30.2 Å². The molecule has 1 aromatic heterocycles. The third kappa shape index (κ3) is 3.64. The van der Waals surface area contributed by atoms with Crippen molar-refractivity contribution in [2.24, 2.45) is 0 Å². The summed E-state index contributed by atoms with van der Waals surface area (Å²) in [6.45, 7) is 2.39. The largest absolute Gasteiger partial charge is 0.465 e. The van der Waals surface area contributed by atoms with E-state index < -0.39 is 5.60 Å². The van der Waals surface area contributed by atoms with Gasteiger partial charge in [-0.2, -0.15) is 11.8 Å². The van der Waals surface area contributed by atoms with Crippen LogP contribution in [0.3, 0.4) is 0 Å². The molecule has 4 nitrogen and oxygen atoms in total. The first-order valence-electron chi connectivity index (χ1n) is 6.47. The molecule has 2 rings (SSSR count). The number of hydrogen-bond acceptors (Lipinski definition) is 4. The van der Waals surface area contributed by atoms with Crippen molar-refractivity contribution in [1.29, 1.82) is 0 Å². The molecule has 1 amide bonds. The average Bonchev–Trinajstić information content (AvgIpc) is 2.91. The number of rotatable bonds is 6. The molecule has 0 saturated heterocycles. The van der Waals surface area contributed by atoms with Gasteiger partial charge in [-0.1, -0.05) is 6.92 Å². The van der Waals surface area contributed by atoms with Crippen LogP contribution < -0.4 is 5.32 Å². The van der Waals surface area contributed by atoms with Gasteiger partial charge in [0, 0.05) is 17.9 Å². The summed E-state index contributed by atoms with van der Waals surface area (Å²) in [6, 6.07) is 3.54. The fraction of sp³-hybridized carbons (Fsp3) is 0.500. The predicted octanol–water partition coefficient (Wildman–Crippen LogP) is 2.06. The van der Waals surface area contributed by atoms with Crippen LogP contribution in [0.4, 0.5) is 0 Å². The second kappa shape index (κ2) is 6.30. The van der Waals surface area contributed by atoms with E-state index in [-0.39, 0.29) is 11.2 Å². The lowest BCUT2D eigenvalue weighted by atomic mass is 9.79. The molecule has 0 aromatic carbocycles. The molecule has 1 saturated carbocycles. The Morgan fingerprint density at radius 3 is 3.16 bits per heavy atom. The highest BCUT2D eigenvalue weighted by atomic mass is 32.2. The molecule has 1 aliphatic carbocycles. The molecular formula is C14H19NO3S. The maximum absolute atomic E-state index is 11.6. The van der Waals surface area contributed by atoms with Crippen molar-refractivity contribution in [3.63, 3.8) is 0 Å². The third-order valence-corrected chi connectivity index (χ3v) is 4.73. The van der Waals surface area contributed by atoms with E-state index in [2.05, 4.69) is 12.2 Å². The van der Waals surface area contributed by atoms with Crippen LogP contribution in [0.25, 0.3) is 6.08 Å². The quantitative estimate of drug-likeness (QED) is 0.783. The predicted molar refractivity (Wildman–Crippen MR) is 76.9 cm³/mol. The highest BCUT2D eigenvalue weighted by Crippen LogP contribution is 2.40. The van der Waals surface area contributed by atoms with Gasteiger partial charge in [0.2, 0.25) is 5.91 Å². The van der Waals surface area contributed by atoms with E-state index in [1.807, 2.05) is 0 Å². The number of aliphatic hydroxyl groups is 1. The Morgan fingerprint density at radius 2 is 2.58 bits per heavy atom. The van der Waals surface area contributed by atoms with Gasteiger partial charge in [-0.05, 0) is 36.8 Å². The Balaban J connectivity index is 1.77. The number of amides is 1. The summed E-state index contributed by atoms with van der Waals surface area (Å²) in [5.41, 5.74) is -0.741. The molecule has 1 fully saturated rings. The Kier molecular flexibility index (Phi) is 4.71. The number of carbonyl (C=O) groups is 1. The SMILES string of the molecule is CCS[C@@H]1CC[C@]1(O)CNC(=O)/C=C/c1ccco1. The molecule has 0 aliphatic heterocycles. The van der Waals surface area contributed by atoms with Crippen molar-refractivity contribution in [2.45, 2.75) is 30.6 Å². The van der Waals surface area contributed by atoms with Crippen LogP contribution >= 0.6 is 11.8 Å². The minimum atomic E-state index is -0.741. The monoisotopic (exact) mass is 281 g/mol. The average molecular weight is 281 g/mol. The van der Waals surface area contributed by atoms with Gasteiger partial charge in [0.15, 0.2) is 0 Å². The van der Waals surface area contributed by atoms with Gasteiger partial charge in [0.25, 0.3) is 0 Å². The fourth-order valence-electron chi connectivity index (χ4n) is 2.08. The molecule has 19 heavy (non-hydrogen) atoms. The molecule has 1 aromatic rings. The normalized spacial score (nSPS) is 26.3. The van der Waals surface area contributed by atoms with E-state index in [0.29, 0.717) is 12.3 Å². The molecule has 0 unspecified atom stereocenters. The maximum Gasteiger partial charge on any atom is 0.244 e. The van der Waals surface area contributed by atoms with E-state index in [9.17, 15) is 9.90 Å². The summed E-state index contributed by atoms with van der Waals surface area (Å²) in [6.07, 6.45) is 6.36. The molecule has 1 aliphatic rings. The summed E-state index contributed by atoms with van der Waals surface area (Å²) in [5.74, 6) is 1.41. The minimum Gasteiger partial charge on any atom is -0.465 e. The van der Waals surface area contributed by atoms with Gasteiger partial charge in [0.1, 0.15) is 5.76 Å². The van der Waals surface area contributed by atoms with Crippen LogP contribution in [0.5, 0.6) is 0 Å². The first kappa shape index (κ1) is 14.2. The van der Waals surface area contributed by atoms with E-state index in [4.69, 9.17) is 4.42 Å². The number of furan rings is 1. The summed E-state index contributed by atoms with van der Waals surface area (Å²) in [7, 11) is 0. The van der Waals surface area contributed by atoms with Crippen LogP contribution in [0, 0.1) is 0 Å². The summed E-state index contributed by atoms with van der Waals surface area (Å²) in [5, 5.41) is 13.3. The first-order valence-corrected chi connectivity index (χ1v) is 7.52. The van der Waals surface area contributed by atoms with Gasteiger partial charge in [-0.15, -0.1) is 0 Å². The van der Waals surface area contributed by atoms with E-state index in [0.717, 1.165) is 18.6 Å². The van der Waals surface area contributed by atoms with Crippen LogP contribution in [0.2, 0.25) is 0 Å². The lowest BCUT2D eigenvalue weighted by Gasteiger charge is -2.44. The number of carbonyl (C=O) groups excluding carboxylic acids is 1. The molecular weight excluding hydrogens is 262 g/mol. The van der Waals surface area contributed by atoms with Crippen LogP contribution in [0.15, 0.2) is 28.9 Å². The van der Waals surface area contributed by atoms with Crippen molar-refractivity contribution >= 4 is 23.7 Å². The molecule has 0 bridgehead atoms. The second-order valence-electron chi connectivity index (χ2n) is 4.65. The highest BCUT2D eigenvalue weighted by Gasteiger charge is 2.45. The van der Waals surface area contributed by atoms with Crippen LogP contribution in [-0.2, 0) is 4.79 Å². The molecule has 5 heteroatoms. The fourth-order valence-corrected chi connectivity index (χ4v) is 3.28. The van der Waals surface area contributed by atoms with E-state index in [1.54, 1.807) is 36.2 Å². The van der Waals surface area contributed by atoms with Gasteiger partial charge >= 0.3 is 0 Å². The molecule has 2 atom stereocenters. The zero-order valence-corrected chi connectivity index (χ0v) is 11.8. The number of hydrogen-bond donors (Lipinski definition) is 2. The second-order valence-corrected chi connectivity index (χ2v) is 6.13. The van der Waals surface area contributed by atoms with Crippen molar-refractivity contribution in [3.8, 4) is 0 Å². The van der Waals surface area contributed by atoms with Gasteiger partial charge in [-0.3, -0.25) is 4.79 Å². The molecule has 104 valence electrons. The van der Waals surface area contributed by atoms with Crippen molar-refractivity contribution in [2.75, 3.05) is 12.3 Å². The molecule has 0 radical (unpaired) electrons. The van der Waals surface area contributed by atoms with Crippen LogP contribution in [0.1, 0.15) is 25.5 Å². The van der Waals surface area contributed by atoms with Crippen molar-refractivity contribution in [1.82, 2.24) is 5.32 Å². The third-order valence-electron chi connectivity index (χ3n) is 3.32. The Bertz CT molecular complexity index is 444. The zero-order chi connectivity index (χ0) is 13.7. The highest BCUT2D eigenvalue weighted by molar-refractivity contribution is 8.00. The van der Waals surface area contributed by atoms with E-state index in [1.165, 1.54) is 6.08 Å². The molecule has 0 spiro atoms. The standard InChI is InChI=1S/C14H19NO3S/c1-2-19-12-7-8-14(12,17)10-15-13(16)6-5-11-4-3-9-18-11/h3-6,9,12,17H,2,7-8,10H2,1H3,(H,15,16)/b6-5+/t12-,14+/m1/s1. The Morgan fingerprint density at radius 1 is 1.74 bits per heavy atom. The Hall–Kier alpha value is -1.20. The summed E-state index contributed by atoms with van der Waals surface area (Å²) < 4.78 is 5.09. The van der Waals surface area contributed by atoms with Gasteiger partial charge in [-0.25, -0.2) is 0 Å². The molecule has 2 N–H and O–H groups in total. The van der Waals surface area contributed by atoms with Gasteiger partial charge < -0.3 is 14.8 Å². The lowest BCUT2D eigenvalue weighted by molar-refractivity contribution is -0.118. The zero-order valence-electron chi connectivity index (χ0n) is 11.0. The molecule has 1 heterocycles. The summed E-state index contributed by atoms with van der Waals surface area (Å²) >= 11 is 1.75. The van der Waals surface area contributed by atoms with Crippen LogP contribution in [-0.4, -0.2) is 34.2 Å². The lowest BCUT2D eigenvalue weighted by Crippen LogP contribution is -2.56. The maximum atomic E-state index is 11.6. The van der Waals surface area contributed by atoms with E-state index >= 15 is 0 Å². The number of nitrogens with one attached hydrogen (secondary N) is 1. The van der Waals surface area contributed by atoms with Crippen molar-refractivity contribution < 1.29 is 14.3 Å². The first-order chi connectivity index (χ1) is 9.14. The topological polar surface area (TPSA) is 62.5 Å². The number of thioether (sulfide) groups is 1. The van der Waals surface area contributed by atoms with Gasteiger partial charge in [0.05, 0.1) is 11.9 Å². The smallest absolute Gasteiger partial charge is 0.244 e. The summed E-state index contributed by atoms with van der Waals surface area (Å²) in [4.78, 5) is 11.6. The minimum absolute atomic E-state index is 0.211. The Labute approximate surface area is 117 Å².